The van der Waals surface area contributed by atoms with Crippen LogP contribution in [-0.4, -0.2) is 27.8 Å². The zero-order chi connectivity index (χ0) is 16.2. The Kier molecular flexibility index (Phi) is 4.19. The smallest absolute Gasteiger partial charge is 0.252 e. The van der Waals surface area contributed by atoms with Crippen molar-refractivity contribution in [2.45, 2.75) is 13.3 Å². The highest BCUT2D eigenvalue weighted by molar-refractivity contribution is 6.03. The van der Waals surface area contributed by atoms with E-state index in [4.69, 9.17) is 0 Å². The van der Waals surface area contributed by atoms with Crippen LogP contribution in [0.5, 0.6) is 0 Å². The van der Waals surface area contributed by atoms with E-state index in [-0.39, 0.29) is 11.7 Å². The number of hydrogen-bond donors (Lipinski definition) is 1. The van der Waals surface area contributed by atoms with E-state index in [1.165, 1.54) is 0 Å². The molecule has 5 heteroatoms. The normalized spacial score (nSPS) is 10.7. The van der Waals surface area contributed by atoms with Crippen molar-refractivity contribution in [1.29, 1.82) is 0 Å². The van der Waals surface area contributed by atoms with E-state index < -0.39 is 0 Å². The first-order valence-corrected chi connectivity index (χ1v) is 7.51. The van der Waals surface area contributed by atoms with Gasteiger partial charge in [-0.2, -0.15) is 5.10 Å². The van der Waals surface area contributed by atoms with Crippen LogP contribution in [0.3, 0.4) is 0 Å². The highest BCUT2D eigenvalue weighted by Crippen LogP contribution is 2.15. The summed E-state index contributed by atoms with van der Waals surface area (Å²) in [6.45, 7) is 2.43. The predicted molar refractivity (Wildman–Crippen MR) is 87.7 cm³/mol. The number of fused-ring (bicyclic) bond motifs is 1. The fraction of sp³-hybridized carbons (Fsp3) is 0.167. The monoisotopic (exact) mass is 307 g/mol. The second kappa shape index (κ2) is 6.44. The molecule has 1 amide bonds. The maximum atomic E-state index is 12.5. The van der Waals surface area contributed by atoms with Crippen molar-refractivity contribution >= 4 is 17.2 Å². The van der Waals surface area contributed by atoms with Crippen LogP contribution < -0.4 is 5.32 Å². The number of Topliss-reactive ketones (excluding diaryl/α,β-unsaturated/α-hetero) is 1. The lowest BCUT2D eigenvalue weighted by Gasteiger charge is -2.03. The molecular weight excluding hydrogens is 290 g/mol. The summed E-state index contributed by atoms with van der Waals surface area (Å²) in [6, 6.07) is 13.1. The quantitative estimate of drug-likeness (QED) is 0.737. The van der Waals surface area contributed by atoms with Gasteiger partial charge < -0.3 is 5.32 Å². The number of nitrogens with one attached hydrogen (secondary N) is 1. The molecule has 23 heavy (non-hydrogen) atoms. The van der Waals surface area contributed by atoms with Crippen LogP contribution in [-0.2, 0) is 6.42 Å². The van der Waals surface area contributed by atoms with Gasteiger partial charge in [0.1, 0.15) is 0 Å². The van der Waals surface area contributed by atoms with Gasteiger partial charge in [0.05, 0.1) is 22.8 Å². The van der Waals surface area contributed by atoms with Crippen molar-refractivity contribution in [3.63, 3.8) is 0 Å². The van der Waals surface area contributed by atoms with Gasteiger partial charge in [0.2, 0.25) is 0 Å². The summed E-state index contributed by atoms with van der Waals surface area (Å²) >= 11 is 0. The first-order chi connectivity index (χ1) is 11.2. The van der Waals surface area contributed by atoms with Gasteiger partial charge in [0.25, 0.3) is 5.91 Å². The Balaban J connectivity index is 1.88. The molecule has 2 heterocycles. The van der Waals surface area contributed by atoms with E-state index in [0.717, 1.165) is 5.56 Å². The van der Waals surface area contributed by atoms with E-state index in [1.54, 1.807) is 29.0 Å². The number of pyridine rings is 1. The lowest BCUT2D eigenvalue weighted by Crippen LogP contribution is -2.22. The minimum absolute atomic E-state index is 0.0111. The van der Waals surface area contributed by atoms with E-state index in [9.17, 15) is 9.59 Å². The fourth-order valence-electron chi connectivity index (χ4n) is 2.47. The van der Waals surface area contributed by atoms with Crippen molar-refractivity contribution in [1.82, 2.24) is 14.9 Å². The lowest BCUT2D eigenvalue weighted by atomic mass is 10.0. The summed E-state index contributed by atoms with van der Waals surface area (Å²) in [4.78, 5) is 24.3. The third-order valence-electron chi connectivity index (χ3n) is 3.62. The molecule has 1 N–H and O–H groups in total. The standard InChI is InChI=1S/C18H17N3O2/c1-2-19-18(23)14-8-9-16-15(11-20-21(16)12-14)17(22)10-13-6-4-3-5-7-13/h3-9,11-12H,2,10H2,1H3,(H,19,23). The van der Waals surface area contributed by atoms with Crippen LogP contribution in [0.25, 0.3) is 5.52 Å². The number of nitrogens with zero attached hydrogens (tertiary/aromatic N) is 2. The van der Waals surface area contributed by atoms with Crippen molar-refractivity contribution in [2.24, 2.45) is 0 Å². The van der Waals surface area contributed by atoms with Crippen molar-refractivity contribution in [3.8, 4) is 0 Å². The Morgan fingerprint density at radius 2 is 1.91 bits per heavy atom. The molecule has 0 atom stereocenters. The molecule has 0 aliphatic carbocycles. The highest BCUT2D eigenvalue weighted by Gasteiger charge is 2.14. The molecule has 3 aromatic rings. The number of benzene rings is 1. The number of carbonyl (C=O) groups is 2. The molecule has 116 valence electrons. The van der Waals surface area contributed by atoms with Gasteiger partial charge >= 0.3 is 0 Å². The maximum Gasteiger partial charge on any atom is 0.252 e. The molecule has 1 aromatic carbocycles. The van der Waals surface area contributed by atoms with E-state index in [1.807, 2.05) is 37.3 Å². The van der Waals surface area contributed by atoms with Gasteiger partial charge in [-0.3, -0.25) is 9.59 Å². The molecule has 0 aliphatic rings. The SMILES string of the molecule is CCNC(=O)c1ccc2c(C(=O)Cc3ccccc3)cnn2c1. The topological polar surface area (TPSA) is 63.5 Å². The number of rotatable bonds is 5. The molecule has 0 saturated heterocycles. The van der Waals surface area contributed by atoms with Gasteiger partial charge in [0, 0.05) is 19.2 Å². The molecule has 3 rings (SSSR count). The second-order valence-corrected chi connectivity index (χ2v) is 5.25. The van der Waals surface area contributed by atoms with Crippen LogP contribution in [0.2, 0.25) is 0 Å². The lowest BCUT2D eigenvalue weighted by molar-refractivity contribution is 0.0954. The zero-order valence-electron chi connectivity index (χ0n) is 12.8. The second-order valence-electron chi connectivity index (χ2n) is 5.25. The summed E-state index contributed by atoms with van der Waals surface area (Å²) in [5, 5.41) is 6.94. The third kappa shape index (κ3) is 3.13. The van der Waals surface area contributed by atoms with Gasteiger partial charge in [-0.05, 0) is 24.6 Å². The van der Waals surface area contributed by atoms with Gasteiger partial charge in [-0.25, -0.2) is 4.52 Å². The van der Waals surface area contributed by atoms with E-state index >= 15 is 0 Å². The van der Waals surface area contributed by atoms with Crippen LogP contribution in [0.4, 0.5) is 0 Å². The summed E-state index contributed by atoms with van der Waals surface area (Å²) in [6.07, 6.45) is 3.53. The summed E-state index contributed by atoms with van der Waals surface area (Å²) < 4.78 is 1.57. The largest absolute Gasteiger partial charge is 0.352 e. The van der Waals surface area contributed by atoms with E-state index in [2.05, 4.69) is 10.4 Å². The molecule has 0 fully saturated rings. The highest BCUT2D eigenvalue weighted by atomic mass is 16.1. The van der Waals surface area contributed by atoms with Crippen molar-refractivity contribution in [3.05, 3.63) is 71.5 Å². The molecule has 0 saturated carbocycles. The Bertz CT molecular complexity index is 853. The Labute approximate surface area is 133 Å². The van der Waals surface area contributed by atoms with Crippen LogP contribution in [0, 0.1) is 0 Å². The third-order valence-corrected chi connectivity index (χ3v) is 3.62. The summed E-state index contributed by atoms with van der Waals surface area (Å²) in [5.74, 6) is -0.140. The molecule has 5 nitrogen and oxygen atoms in total. The van der Waals surface area contributed by atoms with Gasteiger partial charge in [0.15, 0.2) is 5.78 Å². The Hall–Kier alpha value is -2.95. The van der Waals surface area contributed by atoms with Crippen molar-refractivity contribution < 1.29 is 9.59 Å². The fourth-order valence-corrected chi connectivity index (χ4v) is 2.47. The number of hydrogen-bond acceptors (Lipinski definition) is 3. The number of carbonyl (C=O) groups excluding carboxylic acids is 2. The number of amides is 1. The first kappa shape index (κ1) is 15.0. The molecule has 0 spiro atoms. The predicted octanol–water partition coefficient (Wildman–Crippen LogP) is 2.51. The maximum absolute atomic E-state index is 12.5. The first-order valence-electron chi connectivity index (χ1n) is 7.51. The number of aromatic nitrogens is 2. The minimum Gasteiger partial charge on any atom is -0.352 e. The minimum atomic E-state index is -0.151. The van der Waals surface area contributed by atoms with Crippen LogP contribution in [0.15, 0.2) is 54.9 Å². The van der Waals surface area contributed by atoms with E-state index in [0.29, 0.717) is 29.6 Å². The van der Waals surface area contributed by atoms with Crippen LogP contribution in [0.1, 0.15) is 33.2 Å². The summed E-state index contributed by atoms with van der Waals surface area (Å²) in [5.41, 5.74) is 2.76. The van der Waals surface area contributed by atoms with Crippen molar-refractivity contribution in [2.75, 3.05) is 6.54 Å². The number of ketones is 1. The summed E-state index contributed by atoms with van der Waals surface area (Å²) in [7, 11) is 0. The Morgan fingerprint density at radius 3 is 2.65 bits per heavy atom. The molecule has 0 radical (unpaired) electrons. The molecule has 0 bridgehead atoms. The zero-order valence-corrected chi connectivity index (χ0v) is 12.8. The molecule has 0 unspecified atom stereocenters. The average molecular weight is 307 g/mol. The molecular formula is C18H17N3O2. The van der Waals surface area contributed by atoms with Gasteiger partial charge in [-0.1, -0.05) is 30.3 Å². The average Bonchev–Trinajstić information content (AvgIpc) is 2.99. The molecule has 0 aliphatic heterocycles. The molecule has 2 aromatic heterocycles. The van der Waals surface area contributed by atoms with Gasteiger partial charge in [-0.15, -0.1) is 0 Å². The Morgan fingerprint density at radius 1 is 1.13 bits per heavy atom. The van der Waals surface area contributed by atoms with Crippen LogP contribution >= 0.6 is 0 Å².